The van der Waals surface area contributed by atoms with Crippen molar-refractivity contribution in [1.29, 1.82) is 0 Å². The Hall–Kier alpha value is -3.78. The van der Waals surface area contributed by atoms with Gasteiger partial charge in [-0.05, 0) is 58.5 Å². The quantitative estimate of drug-likeness (QED) is 0.246. The monoisotopic (exact) mass is 408 g/mol. The van der Waals surface area contributed by atoms with E-state index in [2.05, 4.69) is 105 Å². The van der Waals surface area contributed by atoms with Crippen molar-refractivity contribution in [2.45, 2.75) is 13.8 Å². The molecule has 1 nitrogen and oxygen atoms in total. The van der Waals surface area contributed by atoms with Crippen molar-refractivity contribution in [1.82, 2.24) is 0 Å². The number of aryl methyl sites for hydroxylation is 2. The Balaban J connectivity index is 1.65. The molecule has 2 heteroatoms. The number of hydrogen-bond donors (Lipinski definition) is 0. The molecule has 0 radical (unpaired) electrons. The van der Waals surface area contributed by atoms with Crippen molar-refractivity contribution >= 4 is 55.4 Å². The molecule has 6 aromatic carbocycles. The summed E-state index contributed by atoms with van der Waals surface area (Å²) < 4.78 is 6.67. The number of ether oxygens (including phenoxy) is 1. The minimum absolute atomic E-state index is 0.151. The smallest absolute Gasteiger partial charge is 0.251 e. The minimum Gasteiger partial charge on any atom is -0.458 e. The Labute approximate surface area is 187 Å². The summed E-state index contributed by atoms with van der Waals surface area (Å²) in [6.45, 7) is 4.61. The molecule has 0 aromatic heterocycles. The van der Waals surface area contributed by atoms with Crippen LogP contribution in [0.15, 0.2) is 91.0 Å². The Morgan fingerprint density at radius 2 is 1.28 bits per heavy atom. The van der Waals surface area contributed by atoms with Gasteiger partial charge in [0.2, 0.25) is 0 Å². The van der Waals surface area contributed by atoms with Crippen molar-refractivity contribution in [2.24, 2.45) is 0 Å². The van der Waals surface area contributed by atoms with E-state index in [1.807, 2.05) is 0 Å². The molecule has 1 aliphatic heterocycles. The normalized spacial score (nSPS) is 12.9. The van der Waals surface area contributed by atoms with E-state index in [0.29, 0.717) is 0 Å². The first kappa shape index (κ1) is 17.9. The van der Waals surface area contributed by atoms with Crippen molar-refractivity contribution in [3.8, 4) is 11.5 Å². The van der Waals surface area contributed by atoms with Gasteiger partial charge in [0.1, 0.15) is 11.5 Å². The maximum Gasteiger partial charge on any atom is 0.251 e. The number of rotatable bonds is 1. The molecule has 0 unspecified atom stereocenters. The van der Waals surface area contributed by atoms with Gasteiger partial charge in [0.05, 0.1) is 0 Å². The number of hydrogen-bond acceptors (Lipinski definition) is 1. The third-order valence-corrected chi connectivity index (χ3v) is 7.21. The molecule has 0 spiro atoms. The van der Waals surface area contributed by atoms with Crippen LogP contribution in [0.4, 0.5) is 0 Å². The minimum atomic E-state index is 0.151. The first-order valence-corrected chi connectivity index (χ1v) is 11.2. The fourth-order valence-corrected chi connectivity index (χ4v) is 5.82. The van der Waals surface area contributed by atoms with Gasteiger partial charge in [0.25, 0.3) is 6.71 Å². The van der Waals surface area contributed by atoms with Crippen molar-refractivity contribution in [3.05, 3.63) is 102 Å². The lowest BCUT2D eigenvalue weighted by Gasteiger charge is -2.30. The molecule has 7 rings (SSSR count). The van der Waals surface area contributed by atoms with Gasteiger partial charge >= 0.3 is 0 Å². The first-order valence-electron chi connectivity index (χ1n) is 11.2. The zero-order valence-electron chi connectivity index (χ0n) is 18.1. The highest BCUT2D eigenvalue weighted by Gasteiger charge is 2.35. The highest BCUT2D eigenvalue weighted by Crippen LogP contribution is 2.40. The summed E-state index contributed by atoms with van der Waals surface area (Å²) in [6.07, 6.45) is 0. The van der Waals surface area contributed by atoms with Gasteiger partial charge < -0.3 is 4.74 Å². The third kappa shape index (κ3) is 2.30. The molecule has 0 N–H and O–H groups in total. The van der Waals surface area contributed by atoms with Crippen LogP contribution >= 0.6 is 0 Å². The highest BCUT2D eigenvalue weighted by atomic mass is 16.5. The fraction of sp³-hybridized carbons (Fsp3) is 0.0667. The predicted octanol–water partition coefficient (Wildman–Crippen LogP) is 5.82. The van der Waals surface area contributed by atoms with Crippen LogP contribution in [0.5, 0.6) is 11.5 Å². The summed E-state index contributed by atoms with van der Waals surface area (Å²) in [7, 11) is 0. The zero-order chi connectivity index (χ0) is 21.4. The first-order chi connectivity index (χ1) is 15.7. The van der Waals surface area contributed by atoms with Gasteiger partial charge in [0.15, 0.2) is 0 Å². The van der Waals surface area contributed by atoms with E-state index >= 15 is 0 Å². The molecule has 0 bridgehead atoms. The number of benzene rings is 6. The molecule has 0 atom stereocenters. The average molecular weight is 408 g/mol. The standard InChI is InChI=1S/C30H21BO/c1-18-7-5-8-19(2)29(18)31-24-11-3-4-12-26(24)32-30-23-16-15-21-10-6-9-20-13-14-22(17-25(30)31)28(23)27(20)21/h3-17H,1-2H3. The summed E-state index contributed by atoms with van der Waals surface area (Å²) >= 11 is 0. The van der Waals surface area contributed by atoms with Crippen LogP contribution in [0.25, 0.3) is 32.3 Å². The van der Waals surface area contributed by atoms with E-state index in [1.54, 1.807) is 0 Å². The second-order valence-corrected chi connectivity index (χ2v) is 9.03. The van der Waals surface area contributed by atoms with Crippen molar-refractivity contribution in [3.63, 3.8) is 0 Å². The molecule has 1 heterocycles. The molecular weight excluding hydrogens is 387 g/mol. The van der Waals surface area contributed by atoms with E-state index in [-0.39, 0.29) is 6.71 Å². The Kier molecular flexibility index (Phi) is 3.55. The van der Waals surface area contributed by atoms with Crippen LogP contribution in [0.1, 0.15) is 11.1 Å². The Morgan fingerprint density at radius 1 is 0.594 bits per heavy atom. The molecule has 6 aromatic rings. The molecule has 32 heavy (non-hydrogen) atoms. The summed E-state index contributed by atoms with van der Waals surface area (Å²) in [5.41, 5.74) is 6.53. The average Bonchev–Trinajstić information content (AvgIpc) is 2.82. The van der Waals surface area contributed by atoms with E-state index in [1.165, 1.54) is 59.8 Å². The third-order valence-electron chi connectivity index (χ3n) is 7.21. The second kappa shape index (κ2) is 6.37. The van der Waals surface area contributed by atoms with E-state index in [4.69, 9.17) is 4.74 Å². The fourth-order valence-electron chi connectivity index (χ4n) is 5.82. The van der Waals surface area contributed by atoms with Crippen LogP contribution in [0.3, 0.4) is 0 Å². The molecule has 0 saturated heterocycles. The zero-order valence-corrected chi connectivity index (χ0v) is 18.1. The lowest BCUT2D eigenvalue weighted by atomic mass is 9.34. The molecule has 0 amide bonds. The predicted molar refractivity (Wildman–Crippen MR) is 137 cm³/mol. The van der Waals surface area contributed by atoms with E-state index in [9.17, 15) is 0 Å². The van der Waals surface area contributed by atoms with Crippen molar-refractivity contribution in [2.75, 3.05) is 0 Å². The lowest BCUT2D eigenvalue weighted by molar-refractivity contribution is 0.493. The Morgan fingerprint density at radius 3 is 2.09 bits per heavy atom. The van der Waals surface area contributed by atoms with E-state index in [0.717, 1.165) is 11.5 Å². The SMILES string of the molecule is Cc1cccc(C)c1B1c2ccccc2Oc2c1cc1ccc3cccc4ccc2c1c34. The summed E-state index contributed by atoms with van der Waals surface area (Å²) in [5.74, 6) is 1.96. The molecular formula is C30H21BO. The molecule has 0 saturated carbocycles. The van der Waals surface area contributed by atoms with Crippen LogP contribution in [-0.2, 0) is 0 Å². The largest absolute Gasteiger partial charge is 0.458 e. The number of fused-ring (bicyclic) bond motifs is 3. The Bertz CT molecular complexity index is 1640. The van der Waals surface area contributed by atoms with Gasteiger partial charge in [-0.25, -0.2) is 0 Å². The van der Waals surface area contributed by atoms with Crippen LogP contribution in [-0.4, -0.2) is 6.71 Å². The van der Waals surface area contributed by atoms with E-state index < -0.39 is 0 Å². The second-order valence-electron chi connectivity index (χ2n) is 9.03. The molecule has 150 valence electrons. The summed E-state index contributed by atoms with van der Waals surface area (Å²) in [6, 6.07) is 33.1. The van der Waals surface area contributed by atoms with Gasteiger partial charge in [-0.3, -0.25) is 0 Å². The molecule has 1 aliphatic rings. The van der Waals surface area contributed by atoms with Gasteiger partial charge in [-0.15, -0.1) is 0 Å². The van der Waals surface area contributed by atoms with Crippen LogP contribution in [0, 0.1) is 13.8 Å². The summed E-state index contributed by atoms with van der Waals surface area (Å²) in [4.78, 5) is 0. The lowest BCUT2D eigenvalue weighted by Crippen LogP contribution is -2.56. The maximum atomic E-state index is 6.67. The highest BCUT2D eigenvalue weighted by molar-refractivity contribution is 6.97. The maximum absolute atomic E-state index is 6.67. The van der Waals surface area contributed by atoms with Gasteiger partial charge in [-0.1, -0.05) is 95.5 Å². The van der Waals surface area contributed by atoms with Gasteiger partial charge in [-0.2, -0.15) is 0 Å². The number of para-hydroxylation sites is 1. The molecule has 0 aliphatic carbocycles. The van der Waals surface area contributed by atoms with Crippen molar-refractivity contribution < 1.29 is 4.74 Å². The summed E-state index contributed by atoms with van der Waals surface area (Å²) in [5, 5.41) is 7.68. The van der Waals surface area contributed by atoms with Crippen LogP contribution in [0.2, 0.25) is 0 Å². The molecule has 0 fully saturated rings. The topological polar surface area (TPSA) is 9.23 Å². The van der Waals surface area contributed by atoms with Crippen LogP contribution < -0.4 is 21.1 Å². The van der Waals surface area contributed by atoms with Gasteiger partial charge in [0, 0.05) is 10.8 Å².